The minimum absolute atomic E-state index is 0.0639. The SMILES string of the molecule is CNC(=O)[C@]1(C)CC[C@@H](Nc2ncc3c(Br)nn(-c4cc(C#N)c5c(c4)CCO5)c3n2)C1. The van der Waals surface area contributed by atoms with Crippen LogP contribution in [0.4, 0.5) is 5.95 Å². The molecule has 1 amide bonds. The second-order valence-corrected chi connectivity index (χ2v) is 9.30. The van der Waals surface area contributed by atoms with Crippen molar-refractivity contribution < 1.29 is 9.53 Å². The molecule has 0 unspecified atom stereocenters. The number of hydrogen-bond acceptors (Lipinski definition) is 7. The molecule has 3 heterocycles. The number of nitrogens with one attached hydrogen (secondary N) is 2. The van der Waals surface area contributed by atoms with E-state index in [-0.39, 0.29) is 17.4 Å². The number of carbonyl (C=O) groups excluding carboxylic acids is 1. The number of amides is 1. The summed E-state index contributed by atoms with van der Waals surface area (Å²) in [5, 5.41) is 21.1. The number of nitrogens with zero attached hydrogens (tertiary/aromatic N) is 5. The fourth-order valence-electron chi connectivity index (χ4n) is 4.67. The molecule has 10 heteroatoms. The summed E-state index contributed by atoms with van der Waals surface area (Å²) in [5.74, 6) is 1.21. The smallest absolute Gasteiger partial charge is 0.225 e. The van der Waals surface area contributed by atoms with Crippen molar-refractivity contribution in [1.29, 1.82) is 5.26 Å². The maximum Gasteiger partial charge on any atom is 0.225 e. The largest absolute Gasteiger partial charge is 0.492 e. The average molecular weight is 496 g/mol. The number of rotatable bonds is 4. The van der Waals surface area contributed by atoms with Crippen LogP contribution in [-0.4, -0.2) is 45.4 Å². The van der Waals surface area contributed by atoms with Gasteiger partial charge in [0.05, 0.1) is 23.2 Å². The van der Waals surface area contributed by atoms with Crippen LogP contribution in [0.3, 0.4) is 0 Å². The van der Waals surface area contributed by atoms with Gasteiger partial charge in [0, 0.05) is 36.7 Å². The quantitative estimate of drug-likeness (QED) is 0.570. The number of aromatic nitrogens is 4. The highest BCUT2D eigenvalue weighted by Crippen LogP contribution is 2.39. The summed E-state index contributed by atoms with van der Waals surface area (Å²) in [4.78, 5) is 21.4. The molecule has 9 nitrogen and oxygen atoms in total. The van der Waals surface area contributed by atoms with Crippen LogP contribution in [0.1, 0.15) is 37.3 Å². The van der Waals surface area contributed by atoms with Crippen LogP contribution < -0.4 is 15.4 Å². The van der Waals surface area contributed by atoms with E-state index < -0.39 is 0 Å². The van der Waals surface area contributed by atoms with Crippen molar-refractivity contribution >= 4 is 38.8 Å². The summed E-state index contributed by atoms with van der Waals surface area (Å²) in [5.41, 5.74) is 2.47. The number of benzene rings is 1. The topological polar surface area (TPSA) is 118 Å². The van der Waals surface area contributed by atoms with Gasteiger partial charge in [0.2, 0.25) is 11.9 Å². The summed E-state index contributed by atoms with van der Waals surface area (Å²) < 4.78 is 7.96. The Morgan fingerprint density at radius 2 is 2.28 bits per heavy atom. The molecule has 3 aromatic rings. The normalized spacial score (nSPS) is 21.8. The van der Waals surface area contributed by atoms with Crippen molar-refractivity contribution in [2.24, 2.45) is 5.41 Å². The van der Waals surface area contributed by atoms with E-state index in [1.807, 2.05) is 13.0 Å². The minimum atomic E-state index is -0.387. The van der Waals surface area contributed by atoms with E-state index in [4.69, 9.17) is 9.72 Å². The lowest BCUT2D eigenvalue weighted by Crippen LogP contribution is -2.35. The first-order chi connectivity index (χ1) is 15.4. The fraction of sp³-hybridized carbons (Fsp3) is 0.409. The van der Waals surface area contributed by atoms with Crippen molar-refractivity contribution in [1.82, 2.24) is 25.1 Å². The zero-order valence-electron chi connectivity index (χ0n) is 17.8. The minimum Gasteiger partial charge on any atom is -0.492 e. The van der Waals surface area contributed by atoms with Gasteiger partial charge >= 0.3 is 0 Å². The van der Waals surface area contributed by atoms with Crippen molar-refractivity contribution in [3.8, 4) is 17.5 Å². The molecule has 32 heavy (non-hydrogen) atoms. The van der Waals surface area contributed by atoms with E-state index in [1.165, 1.54) is 0 Å². The van der Waals surface area contributed by atoms with E-state index in [0.29, 0.717) is 40.5 Å². The van der Waals surface area contributed by atoms with Gasteiger partial charge in [-0.1, -0.05) is 6.92 Å². The second kappa shape index (κ2) is 7.74. The van der Waals surface area contributed by atoms with Crippen LogP contribution in [0, 0.1) is 16.7 Å². The van der Waals surface area contributed by atoms with Crippen LogP contribution in [0.25, 0.3) is 16.7 Å². The van der Waals surface area contributed by atoms with Crippen LogP contribution in [0.2, 0.25) is 0 Å². The standard InChI is InChI=1S/C22H22BrN7O2/c1-22(20(31)25-2)5-3-14(9-22)27-21-26-11-16-18(23)29-30(19(16)28-21)15-7-12-4-6-32-17(12)13(8-15)10-24/h7-8,11,14H,3-6,9H2,1-2H3,(H,25,31)(H,26,27,28)/t14-,22-/m1/s1. The molecule has 0 bridgehead atoms. The Morgan fingerprint density at radius 1 is 1.44 bits per heavy atom. The van der Waals surface area contributed by atoms with Crippen LogP contribution >= 0.6 is 15.9 Å². The van der Waals surface area contributed by atoms with Gasteiger partial charge in [0.25, 0.3) is 0 Å². The lowest BCUT2D eigenvalue weighted by atomic mass is 9.87. The Kier molecular flexibility index (Phi) is 5.01. The third-order valence-corrected chi connectivity index (χ3v) is 6.95. The van der Waals surface area contributed by atoms with Crippen LogP contribution in [0.15, 0.2) is 22.9 Å². The number of halogens is 1. The molecule has 2 aromatic heterocycles. The summed E-state index contributed by atoms with van der Waals surface area (Å²) in [6, 6.07) is 6.08. The van der Waals surface area contributed by atoms with Crippen molar-refractivity contribution in [3.63, 3.8) is 0 Å². The molecule has 0 saturated heterocycles. The zero-order valence-corrected chi connectivity index (χ0v) is 19.4. The summed E-state index contributed by atoms with van der Waals surface area (Å²) in [7, 11) is 1.67. The number of ether oxygens (including phenoxy) is 1. The van der Waals surface area contributed by atoms with Gasteiger partial charge in [-0.05, 0) is 47.3 Å². The van der Waals surface area contributed by atoms with E-state index in [2.05, 4.69) is 42.7 Å². The maximum atomic E-state index is 12.2. The Morgan fingerprint density at radius 3 is 3.06 bits per heavy atom. The Balaban J connectivity index is 1.49. The molecular weight excluding hydrogens is 474 g/mol. The number of hydrogen-bond donors (Lipinski definition) is 2. The Hall–Kier alpha value is -3.19. The third-order valence-electron chi connectivity index (χ3n) is 6.36. The van der Waals surface area contributed by atoms with E-state index in [1.54, 1.807) is 24.0 Å². The highest BCUT2D eigenvalue weighted by Gasteiger charge is 2.41. The van der Waals surface area contributed by atoms with E-state index in [9.17, 15) is 10.1 Å². The molecule has 1 saturated carbocycles. The molecule has 1 aliphatic carbocycles. The lowest BCUT2D eigenvalue weighted by molar-refractivity contribution is -0.129. The van der Waals surface area contributed by atoms with Gasteiger partial charge < -0.3 is 15.4 Å². The third kappa shape index (κ3) is 3.37. The first kappa shape index (κ1) is 20.7. The van der Waals surface area contributed by atoms with E-state index in [0.717, 1.165) is 35.9 Å². The maximum absolute atomic E-state index is 12.2. The van der Waals surface area contributed by atoms with Crippen LogP contribution in [-0.2, 0) is 11.2 Å². The first-order valence-corrected chi connectivity index (χ1v) is 11.3. The molecule has 2 N–H and O–H groups in total. The molecule has 1 fully saturated rings. The van der Waals surface area contributed by atoms with Gasteiger partial charge in [-0.15, -0.1) is 0 Å². The number of anilines is 1. The van der Waals surface area contributed by atoms with Crippen molar-refractivity contribution in [3.05, 3.63) is 34.1 Å². The Labute approximate surface area is 193 Å². The number of nitriles is 1. The molecule has 1 aromatic carbocycles. The molecule has 164 valence electrons. The van der Waals surface area contributed by atoms with Crippen molar-refractivity contribution in [2.75, 3.05) is 19.0 Å². The highest BCUT2D eigenvalue weighted by atomic mass is 79.9. The molecule has 1 aliphatic heterocycles. The molecule has 0 spiro atoms. The van der Waals surface area contributed by atoms with Crippen LogP contribution in [0.5, 0.6) is 5.75 Å². The molecule has 2 aliphatic rings. The monoisotopic (exact) mass is 495 g/mol. The van der Waals surface area contributed by atoms with Gasteiger partial charge in [0.15, 0.2) is 5.65 Å². The zero-order chi connectivity index (χ0) is 22.5. The van der Waals surface area contributed by atoms with Gasteiger partial charge in [-0.3, -0.25) is 4.79 Å². The number of carbonyl (C=O) groups is 1. The molecule has 2 atom stereocenters. The Bertz CT molecular complexity index is 1280. The first-order valence-electron chi connectivity index (χ1n) is 10.5. The molecule has 5 rings (SSSR count). The van der Waals surface area contributed by atoms with Gasteiger partial charge in [-0.25, -0.2) is 9.67 Å². The predicted molar refractivity (Wildman–Crippen MR) is 122 cm³/mol. The van der Waals surface area contributed by atoms with E-state index >= 15 is 0 Å². The molecular formula is C22H22BrN7O2. The number of fused-ring (bicyclic) bond motifs is 2. The summed E-state index contributed by atoms with van der Waals surface area (Å²) in [6.45, 7) is 2.57. The van der Waals surface area contributed by atoms with Gasteiger partial charge in [0.1, 0.15) is 16.4 Å². The average Bonchev–Trinajstić information content (AvgIpc) is 3.50. The van der Waals surface area contributed by atoms with Crippen molar-refractivity contribution in [2.45, 2.75) is 38.6 Å². The predicted octanol–water partition coefficient (Wildman–Crippen LogP) is 3.10. The fourth-order valence-corrected chi connectivity index (χ4v) is 5.11. The highest BCUT2D eigenvalue weighted by molar-refractivity contribution is 9.10. The van der Waals surface area contributed by atoms with Gasteiger partial charge in [-0.2, -0.15) is 15.3 Å². The lowest BCUT2D eigenvalue weighted by Gasteiger charge is -2.22. The second-order valence-electron chi connectivity index (χ2n) is 8.55. The summed E-state index contributed by atoms with van der Waals surface area (Å²) in [6.07, 6.45) is 4.88. The summed E-state index contributed by atoms with van der Waals surface area (Å²) >= 11 is 3.50. The molecule has 0 radical (unpaired) electrons.